The maximum atomic E-state index is 11.6. The van der Waals surface area contributed by atoms with E-state index in [0.29, 0.717) is 23.6 Å². The molecule has 1 fully saturated rings. The topological polar surface area (TPSA) is 67.1 Å². The minimum absolute atomic E-state index is 0.181. The predicted molar refractivity (Wildman–Crippen MR) is 64.1 cm³/mol. The molecular weight excluding hydrogens is 202 g/mol. The van der Waals surface area contributed by atoms with Crippen LogP contribution < -0.4 is 16.4 Å². The number of piperazine rings is 1. The molecule has 0 aromatic heterocycles. The van der Waals surface area contributed by atoms with Gasteiger partial charge in [-0.2, -0.15) is 0 Å². The average Bonchev–Trinajstić information content (AvgIpc) is 2.25. The Kier molecular flexibility index (Phi) is 2.64. The number of rotatable bonds is 1. The van der Waals surface area contributed by atoms with Crippen molar-refractivity contribution in [2.45, 2.75) is 0 Å². The van der Waals surface area contributed by atoms with E-state index in [2.05, 4.69) is 17.2 Å². The van der Waals surface area contributed by atoms with Crippen LogP contribution in [-0.2, 0) is 4.79 Å². The van der Waals surface area contributed by atoms with Gasteiger partial charge in [-0.05, 0) is 17.7 Å². The van der Waals surface area contributed by atoms with Gasteiger partial charge in [0, 0.05) is 11.4 Å². The van der Waals surface area contributed by atoms with E-state index < -0.39 is 0 Å². The molecule has 1 aliphatic heterocycles. The Bertz CT molecular complexity index is 477. The van der Waals surface area contributed by atoms with E-state index >= 15 is 0 Å². The summed E-state index contributed by atoms with van der Waals surface area (Å²) in [6.45, 7) is 4.22. The van der Waals surface area contributed by atoms with Crippen LogP contribution in [0.25, 0.3) is 6.08 Å². The maximum absolute atomic E-state index is 11.6. The van der Waals surface area contributed by atoms with Gasteiger partial charge < -0.3 is 16.4 Å². The third-order valence-electron chi connectivity index (χ3n) is 2.32. The average molecular weight is 215 g/mol. The molecule has 0 spiro atoms. The zero-order valence-electron chi connectivity index (χ0n) is 8.79. The molecule has 16 heavy (non-hydrogen) atoms. The van der Waals surface area contributed by atoms with Crippen LogP contribution in [0.1, 0.15) is 5.56 Å². The molecule has 0 aliphatic carbocycles. The van der Waals surface area contributed by atoms with Gasteiger partial charge in [-0.1, -0.05) is 24.8 Å². The lowest BCUT2D eigenvalue weighted by Crippen LogP contribution is -2.40. The molecule has 82 valence electrons. The smallest absolute Gasteiger partial charge is 0.271 e. The number of anilines is 1. The Hall–Kier alpha value is -2.23. The van der Waals surface area contributed by atoms with Crippen molar-refractivity contribution in [1.82, 2.24) is 10.6 Å². The summed E-state index contributed by atoms with van der Waals surface area (Å²) in [6, 6.07) is 7.39. The van der Waals surface area contributed by atoms with Gasteiger partial charge in [-0.15, -0.1) is 0 Å². The molecule has 1 aromatic rings. The first-order valence-electron chi connectivity index (χ1n) is 4.96. The molecular formula is C12H13N3O. The molecule has 1 heterocycles. The molecule has 1 aliphatic rings. The van der Waals surface area contributed by atoms with Crippen LogP contribution in [-0.4, -0.2) is 12.5 Å². The Balaban J connectivity index is 2.28. The number of hydrogen-bond acceptors (Lipinski definition) is 3. The van der Waals surface area contributed by atoms with Gasteiger partial charge in [0.15, 0.2) is 0 Å². The van der Waals surface area contributed by atoms with E-state index in [1.165, 1.54) is 0 Å². The number of benzene rings is 1. The van der Waals surface area contributed by atoms with E-state index in [4.69, 9.17) is 5.73 Å². The second kappa shape index (κ2) is 4.10. The monoisotopic (exact) mass is 215 g/mol. The Labute approximate surface area is 93.8 Å². The summed E-state index contributed by atoms with van der Waals surface area (Å²) in [5.41, 5.74) is 8.44. The minimum atomic E-state index is -0.181. The Morgan fingerprint density at radius 1 is 1.38 bits per heavy atom. The Morgan fingerprint density at radius 2 is 2.12 bits per heavy atom. The van der Waals surface area contributed by atoms with Gasteiger partial charge >= 0.3 is 0 Å². The van der Waals surface area contributed by atoms with E-state index in [9.17, 15) is 4.79 Å². The lowest BCUT2D eigenvalue weighted by molar-refractivity contribution is -0.117. The number of nitrogen functional groups attached to an aromatic ring is 1. The number of para-hydroxylation sites is 1. The lowest BCUT2D eigenvalue weighted by Gasteiger charge is -2.19. The fourth-order valence-electron chi connectivity index (χ4n) is 1.47. The number of nitrogens with two attached hydrogens (primary N) is 1. The molecule has 4 nitrogen and oxygen atoms in total. The van der Waals surface area contributed by atoms with Gasteiger partial charge in [0.1, 0.15) is 5.70 Å². The summed E-state index contributed by atoms with van der Waals surface area (Å²) in [4.78, 5) is 11.6. The Morgan fingerprint density at radius 3 is 2.81 bits per heavy atom. The normalized spacial score (nSPS) is 18.1. The summed E-state index contributed by atoms with van der Waals surface area (Å²) < 4.78 is 0. The summed E-state index contributed by atoms with van der Waals surface area (Å²) in [5.74, 6) is -0.181. The minimum Gasteiger partial charge on any atom is -0.398 e. The van der Waals surface area contributed by atoms with Gasteiger partial charge in [0.2, 0.25) is 0 Å². The SMILES string of the molecule is C=C1CN/C(=C\c2ccccc2N)C(=O)N1. The van der Waals surface area contributed by atoms with Crippen molar-refractivity contribution in [1.29, 1.82) is 0 Å². The van der Waals surface area contributed by atoms with Gasteiger partial charge in [0.05, 0.1) is 6.54 Å². The highest BCUT2D eigenvalue weighted by Gasteiger charge is 2.15. The molecule has 0 atom stereocenters. The number of amides is 1. The molecule has 1 saturated heterocycles. The molecule has 1 amide bonds. The van der Waals surface area contributed by atoms with Crippen LogP contribution in [0.15, 0.2) is 42.2 Å². The van der Waals surface area contributed by atoms with Crippen molar-refractivity contribution in [3.8, 4) is 0 Å². The molecule has 0 saturated carbocycles. The lowest BCUT2D eigenvalue weighted by atomic mass is 10.1. The number of hydrogen-bond donors (Lipinski definition) is 3. The summed E-state index contributed by atoms with van der Waals surface area (Å²) >= 11 is 0. The largest absolute Gasteiger partial charge is 0.398 e. The fourth-order valence-corrected chi connectivity index (χ4v) is 1.47. The first-order valence-corrected chi connectivity index (χ1v) is 4.96. The van der Waals surface area contributed by atoms with Crippen molar-refractivity contribution in [2.24, 2.45) is 0 Å². The number of nitrogens with one attached hydrogen (secondary N) is 2. The highest BCUT2D eigenvalue weighted by molar-refractivity contribution is 5.99. The van der Waals surface area contributed by atoms with Crippen LogP contribution in [0.4, 0.5) is 5.69 Å². The zero-order valence-corrected chi connectivity index (χ0v) is 8.79. The van der Waals surface area contributed by atoms with Crippen molar-refractivity contribution in [3.63, 3.8) is 0 Å². The third kappa shape index (κ3) is 2.06. The molecule has 1 aromatic carbocycles. The van der Waals surface area contributed by atoms with E-state index in [1.54, 1.807) is 12.1 Å². The predicted octanol–water partition coefficient (Wildman–Crippen LogP) is 0.843. The van der Waals surface area contributed by atoms with Crippen LogP contribution in [0.3, 0.4) is 0 Å². The molecule has 0 radical (unpaired) electrons. The van der Waals surface area contributed by atoms with Crippen molar-refractivity contribution in [3.05, 3.63) is 47.8 Å². The number of carbonyl (C=O) groups excluding carboxylic acids is 1. The van der Waals surface area contributed by atoms with Crippen molar-refractivity contribution < 1.29 is 4.79 Å². The molecule has 2 rings (SSSR count). The number of carbonyl (C=O) groups is 1. The molecule has 0 bridgehead atoms. The van der Waals surface area contributed by atoms with Gasteiger partial charge in [-0.3, -0.25) is 4.79 Å². The van der Waals surface area contributed by atoms with Crippen LogP contribution >= 0.6 is 0 Å². The summed E-state index contributed by atoms with van der Waals surface area (Å²) in [6.07, 6.45) is 1.73. The molecule has 4 heteroatoms. The quantitative estimate of drug-likeness (QED) is 0.480. The van der Waals surface area contributed by atoms with E-state index in [0.717, 1.165) is 5.56 Å². The summed E-state index contributed by atoms with van der Waals surface area (Å²) in [7, 11) is 0. The van der Waals surface area contributed by atoms with E-state index in [1.807, 2.05) is 18.2 Å². The van der Waals surface area contributed by atoms with Gasteiger partial charge in [0.25, 0.3) is 5.91 Å². The first kappa shape index (κ1) is 10.3. The second-order valence-electron chi connectivity index (χ2n) is 3.60. The summed E-state index contributed by atoms with van der Waals surface area (Å²) in [5, 5.41) is 5.65. The second-order valence-corrected chi connectivity index (χ2v) is 3.60. The van der Waals surface area contributed by atoms with Crippen LogP contribution in [0, 0.1) is 0 Å². The van der Waals surface area contributed by atoms with Crippen LogP contribution in [0.5, 0.6) is 0 Å². The maximum Gasteiger partial charge on any atom is 0.271 e. The van der Waals surface area contributed by atoms with E-state index in [-0.39, 0.29) is 5.91 Å². The van der Waals surface area contributed by atoms with Crippen LogP contribution in [0.2, 0.25) is 0 Å². The highest BCUT2D eigenvalue weighted by Crippen LogP contribution is 2.15. The van der Waals surface area contributed by atoms with Gasteiger partial charge in [-0.25, -0.2) is 0 Å². The molecule has 4 N–H and O–H groups in total. The van der Waals surface area contributed by atoms with Crippen molar-refractivity contribution in [2.75, 3.05) is 12.3 Å². The highest BCUT2D eigenvalue weighted by atomic mass is 16.2. The zero-order chi connectivity index (χ0) is 11.5. The standard InChI is InChI=1S/C12H13N3O/c1-8-7-14-11(12(16)15-8)6-9-4-2-3-5-10(9)13/h2-6,14H,1,7,13H2,(H,15,16)/b11-6-. The molecule has 0 unspecified atom stereocenters. The third-order valence-corrected chi connectivity index (χ3v) is 2.32. The first-order chi connectivity index (χ1) is 7.66. The van der Waals surface area contributed by atoms with Crippen molar-refractivity contribution >= 4 is 17.7 Å². The fraction of sp³-hybridized carbons (Fsp3) is 0.0833.